The van der Waals surface area contributed by atoms with E-state index in [1.807, 2.05) is 6.08 Å². The Hall–Kier alpha value is -1.33. The van der Waals surface area contributed by atoms with Crippen molar-refractivity contribution in [2.75, 3.05) is 13.2 Å². The molecule has 47 heavy (non-hydrogen) atoms. The van der Waals surface area contributed by atoms with Crippen molar-refractivity contribution in [3.05, 3.63) is 12.2 Å². The van der Waals surface area contributed by atoms with Crippen molar-refractivity contribution >= 4 is 19.8 Å². The number of phosphoric ester groups is 1. The highest BCUT2D eigenvalue weighted by molar-refractivity contribution is 7.46. The van der Waals surface area contributed by atoms with E-state index in [0.717, 1.165) is 64.2 Å². The molecule has 0 aromatic heterocycles. The lowest BCUT2D eigenvalue weighted by Gasteiger charge is -2.21. The van der Waals surface area contributed by atoms with Gasteiger partial charge in [-0.3, -0.25) is 14.1 Å². The van der Waals surface area contributed by atoms with Crippen LogP contribution < -0.4 is 0 Å². The van der Waals surface area contributed by atoms with Crippen LogP contribution in [0.4, 0.5) is 0 Å². The van der Waals surface area contributed by atoms with Crippen LogP contribution in [0.3, 0.4) is 0 Å². The monoisotopic (exact) mass is 692 g/mol. The highest BCUT2D eigenvalue weighted by atomic mass is 31.2. The Morgan fingerprint density at radius 3 is 2.04 bits per heavy atom. The number of aliphatic hydroxyl groups is 3. The van der Waals surface area contributed by atoms with E-state index in [1.54, 1.807) is 6.08 Å². The normalized spacial score (nSPS) is 21.4. The maximum atomic E-state index is 12.5. The van der Waals surface area contributed by atoms with E-state index in [0.29, 0.717) is 31.6 Å². The van der Waals surface area contributed by atoms with E-state index in [9.17, 15) is 29.5 Å². The second-order valence-electron chi connectivity index (χ2n) is 13.6. The van der Waals surface area contributed by atoms with Crippen molar-refractivity contribution in [3.63, 3.8) is 0 Å². The molecule has 0 saturated heterocycles. The Morgan fingerprint density at radius 2 is 1.40 bits per heavy atom. The molecular weight excluding hydrogens is 627 g/mol. The van der Waals surface area contributed by atoms with Crippen LogP contribution >= 0.6 is 7.82 Å². The van der Waals surface area contributed by atoms with E-state index >= 15 is 0 Å². The minimum absolute atomic E-state index is 0.0869. The zero-order valence-electron chi connectivity index (χ0n) is 29.2. The van der Waals surface area contributed by atoms with Gasteiger partial charge in [-0.15, -0.1) is 0 Å². The summed E-state index contributed by atoms with van der Waals surface area (Å²) in [6, 6.07) is 0. The summed E-state index contributed by atoms with van der Waals surface area (Å²) in [5.74, 6) is -0.607. The number of carbonyl (C=O) groups excluding carboxylic acids is 2. The zero-order chi connectivity index (χ0) is 35.1. The molecule has 0 aromatic carbocycles. The van der Waals surface area contributed by atoms with Gasteiger partial charge in [-0.1, -0.05) is 110 Å². The fourth-order valence-corrected chi connectivity index (χ4v) is 6.42. The molecule has 0 aromatic rings. The predicted molar refractivity (Wildman–Crippen MR) is 181 cm³/mol. The highest BCUT2D eigenvalue weighted by Gasteiger charge is 2.39. The van der Waals surface area contributed by atoms with E-state index in [2.05, 4.69) is 25.3 Å². The molecule has 0 bridgehead atoms. The van der Waals surface area contributed by atoms with Gasteiger partial charge in [0.1, 0.15) is 6.61 Å². The first-order chi connectivity index (χ1) is 22.3. The quantitative estimate of drug-likeness (QED) is 0.0261. The van der Waals surface area contributed by atoms with Crippen molar-refractivity contribution in [2.45, 2.75) is 167 Å². The van der Waals surface area contributed by atoms with E-state index in [4.69, 9.17) is 19.3 Å². The molecule has 1 aliphatic rings. The standard InChI is InChI=1S/C35H65O11P/c1-4-5-12-18-28(36)22-23-31-30(32(37)24-33(31)38)19-14-10-11-16-21-35(40)46-29(26-45-47(41,42)43)25-44-34(39)20-15-9-7-6-8-13-17-27(2)3/h22-23,27-33,36-38H,4-21,24-26H2,1-3H3,(H2,41,42,43)/b23-22+/t28-,29+,30+,31+,32-,33+/m0/s1. The molecule has 0 heterocycles. The molecule has 0 unspecified atom stereocenters. The molecular formula is C35H65O11P. The summed E-state index contributed by atoms with van der Waals surface area (Å²) >= 11 is 0. The Morgan fingerprint density at radius 1 is 0.809 bits per heavy atom. The van der Waals surface area contributed by atoms with Crippen molar-refractivity contribution in [1.29, 1.82) is 0 Å². The Labute approximate surface area is 283 Å². The first-order valence-corrected chi connectivity index (χ1v) is 19.6. The number of hydrogen-bond donors (Lipinski definition) is 5. The molecule has 12 heteroatoms. The molecule has 1 fully saturated rings. The molecule has 11 nitrogen and oxygen atoms in total. The minimum atomic E-state index is -4.80. The first-order valence-electron chi connectivity index (χ1n) is 18.1. The van der Waals surface area contributed by atoms with Crippen molar-refractivity contribution in [2.24, 2.45) is 17.8 Å². The molecule has 0 radical (unpaired) electrons. The molecule has 1 saturated carbocycles. The first kappa shape index (κ1) is 43.7. The summed E-state index contributed by atoms with van der Waals surface area (Å²) in [5, 5.41) is 31.2. The van der Waals surface area contributed by atoms with E-state index < -0.39 is 50.8 Å². The van der Waals surface area contributed by atoms with Gasteiger partial charge in [-0.2, -0.15) is 0 Å². The summed E-state index contributed by atoms with van der Waals surface area (Å²) in [7, 11) is -4.80. The fourth-order valence-electron chi connectivity index (χ4n) is 6.06. The van der Waals surface area contributed by atoms with Crippen LogP contribution in [0.5, 0.6) is 0 Å². The highest BCUT2D eigenvalue weighted by Crippen LogP contribution is 2.38. The van der Waals surface area contributed by atoms with Crippen LogP contribution in [0.2, 0.25) is 0 Å². The smallest absolute Gasteiger partial charge is 0.462 e. The van der Waals surface area contributed by atoms with Crippen LogP contribution in [0, 0.1) is 17.8 Å². The minimum Gasteiger partial charge on any atom is -0.462 e. The van der Waals surface area contributed by atoms with Gasteiger partial charge in [0.25, 0.3) is 0 Å². The lowest BCUT2D eigenvalue weighted by molar-refractivity contribution is -0.161. The summed E-state index contributed by atoms with van der Waals surface area (Å²) < 4.78 is 26.2. The van der Waals surface area contributed by atoms with Crippen LogP contribution in [-0.2, 0) is 28.2 Å². The van der Waals surface area contributed by atoms with Gasteiger partial charge >= 0.3 is 19.8 Å². The second-order valence-corrected chi connectivity index (χ2v) is 14.9. The van der Waals surface area contributed by atoms with Crippen LogP contribution in [0.25, 0.3) is 0 Å². The molecule has 6 atom stereocenters. The number of unbranched alkanes of at least 4 members (excludes halogenated alkanes) is 10. The number of esters is 2. The van der Waals surface area contributed by atoms with Crippen molar-refractivity contribution in [1.82, 2.24) is 0 Å². The van der Waals surface area contributed by atoms with Crippen LogP contribution in [0.15, 0.2) is 12.2 Å². The zero-order valence-corrected chi connectivity index (χ0v) is 30.1. The van der Waals surface area contributed by atoms with E-state index in [1.165, 1.54) is 19.3 Å². The molecule has 276 valence electrons. The SMILES string of the molecule is CCCCC[C@H](O)/C=C/[C@@H]1[C@@H](CCCCCCC(=O)O[C@H](COC(=O)CCCCCCCCC(C)C)COP(=O)(O)O)[C@@H](O)C[C@H]1O. The number of phosphoric acid groups is 1. The van der Waals surface area contributed by atoms with E-state index in [-0.39, 0.29) is 31.3 Å². The topological polar surface area (TPSA) is 180 Å². The molecule has 0 amide bonds. The Balaban J connectivity index is 2.36. The molecule has 1 rings (SSSR count). The number of carbonyl (C=O) groups is 2. The average molecular weight is 693 g/mol. The largest absolute Gasteiger partial charge is 0.469 e. The third-order valence-electron chi connectivity index (χ3n) is 8.81. The molecule has 5 N–H and O–H groups in total. The molecule has 0 spiro atoms. The Kier molecular flexibility index (Phi) is 23.8. The summed E-state index contributed by atoms with van der Waals surface area (Å²) in [5.41, 5.74) is 0. The van der Waals surface area contributed by atoms with Gasteiger partial charge in [0.15, 0.2) is 6.10 Å². The van der Waals surface area contributed by atoms with Crippen LogP contribution in [0.1, 0.15) is 143 Å². The lowest BCUT2D eigenvalue weighted by atomic mass is 9.88. The maximum Gasteiger partial charge on any atom is 0.469 e. The number of aliphatic hydroxyl groups excluding tert-OH is 3. The predicted octanol–water partition coefficient (Wildman–Crippen LogP) is 6.52. The molecule has 1 aliphatic carbocycles. The van der Waals surface area contributed by atoms with Crippen LogP contribution in [-0.4, -0.2) is 74.7 Å². The third-order valence-corrected chi connectivity index (χ3v) is 9.30. The fraction of sp³-hybridized carbons (Fsp3) is 0.886. The van der Waals surface area contributed by atoms with Gasteiger partial charge in [-0.25, -0.2) is 4.57 Å². The average Bonchev–Trinajstić information content (AvgIpc) is 3.27. The summed E-state index contributed by atoms with van der Waals surface area (Å²) in [6.45, 7) is 5.60. The second kappa shape index (κ2) is 25.6. The number of ether oxygens (including phenoxy) is 2. The summed E-state index contributed by atoms with van der Waals surface area (Å²) in [6.07, 6.45) is 16.1. The number of rotatable bonds is 28. The van der Waals surface area contributed by atoms with Crippen molar-refractivity contribution in [3.8, 4) is 0 Å². The maximum absolute atomic E-state index is 12.5. The van der Waals surface area contributed by atoms with Gasteiger partial charge in [-0.05, 0) is 37.5 Å². The van der Waals surface area contributed by atoms with Crippen molar-refractivity contribution < 1.29 is 53.3 Å². The summed E-state index contributed by atoms with van der Waals surface area (Å²) in [4.78, 5) is 42.8. The third kappa shape index (κ3) is 22.8. The lowest BCUT2D eigenvalue weighted by Crippen LogP contribution is -2.29. The Bertz CT molecular complexity index is 906. The van der Waals surface area contributed by atoms with Gasteiger partial charge in [0.2, 0.25) is 0 Å². The van der Waals surface area contributed by atoms with Gasteiger partial charge in [0.05, 0.1) is 24.9 Å². The number of hydrogen-bond acceptors (Lipinski definition) is 9. The molecule has 0 aliphatic heterocycles. The van der Waals surface area contributed by atoms with Gasteiger partial charge in [0, 0.05) is 25.2 Å². The van der Waals surface area contributed by atoms with Gasteiger partial charge < -0.3 is 34.6 Å².